The smallest absolute Gasteiger partial charge is 0.422 e. The summed E-state index contributed by atoms with van der Waals surface area (Å²) in [5.41, 5.74) is 0. The van der Waals surface area contributed by atoms with E-state index in [2.05, 4.69) is 19.8 Å². The summed E-state index contributed by atoms with van der Waals surface area (Å²) < 4.78 is 66.7. The predicted molar refractivity (Wildman–Crippen MR) is 74.1 cm³/mol. The van der Waals surface area contributed by atoms with Crippen molar-refractivity contribution < 1.29 is 26.3 Å². The fourth-order valence-electron chi connectivity index (χ4n) is 1.51. The lowest BCUT2D eigenvalue weighted by Crippen LogP contribution is -2.38. The van der Waals surface area contributed by atoms with Gasteiger partial charge < -0.3 is 10.1 Å². The summed E-state index contributed by atoms with van der Waals surface area (Å²) in [7, 11) is -3.76. The van der Waals surface area contributed by atoms with Crippen LogP contribution in [-0.4, -0.2) is 45.3 Å². The fraction of sp³-hybridized carbons (Fsp3) is 0.583. The third-order valence-corrected chi connectivity index (χ3v) is 3.94. The number of alkyl halides is 3. The van der Waals surface area contributed by atoms with Crippen molar-refractivity contribution in [3.05, 3.63) is 18.3 Å². The Balaban J connectivity index is 2.64. The first-order valence-electron chi connectivity index (χ1n) is 6.52. The van der Waals surface area contributed by atoms with Crippen LogP contribution in [0, 0.1) is 0 Å². The van der Waals surface area contributed by atoms with Gasteiger partial charge in [0, 0.05) is 18.7 Å². The molecule has 0 spiro atoms. The highest BCUT2D eigenvalue weighted by Gasteiger charge is 2.28. The Morgan fingerprint density at radius 2 is 2.05 bits per heavy atom. The van der Waals surface area contributed by atoms with Gasteiger partial charge >= 0.3 is 6.18 Å². The van der Waals surface area contributed by atoms with Gasteiger partial charge in [0.2, 0.25) is 15.9 Å². The van der Waals surface area contributed by atoms with E-state index in [4.69, 9.17) is 0 Å². The van der Waals surface area contributed by atoms with E-state index in [9.17, 15) is 21.6 Å². The van der Waals surface area contributed by atoms with Crippen LogP contribution in [-0.2, 0) is 10.0 Å². The summed E-state index contributed by atoms with van der Waals surface area (Å²) in [6, 6.07) is 2.16. The van der Waals surface area contributed by atoms with Crippen molar-refractivity contribution in [1.82, 2.24) is 15.0 Å². The maximum absolute atomic E-state index is 12.0. The highest BCUT2D eigenvalue weighted by Crippen LogP contribution is 2.18. The number of pyridine rings is 1. The van der Waals surface area contributed by atoms with Crippen LogP contribution in [0.25, 0.3) is 0 Å². The molecule has 1 heterocycles. The standard InChI is InChI=1S/C12H18F3N3O3S/c1-3-16-9(2)6-18-22(19,20)10-4-5-11(17-7-10)21-8-12(13,14)15/h4-5,7,9,16,18H,3,6,8H2,1-2H3/t9-/m1/s1. The fourth-order valence-corrected chi connectivity index (χ4v) is 2.58. The van der Waals surface area contributed by atoms with Crippen LogP contribution in [0.4, 0.5) is 13.2 Å². The summed E-state index contributed by atoms with van der Waals surface area (Å²) >= 11 is 0. The maximum atomic E-state index is 12.0. The van der Waals surface area contributed by atoms with Crippen LogP contribution in [0.1, 0.15) is 13.8 Å². The monoisotopic (exact) mass is 341 g/mol. The van der Waals surface area contributed by atoms with Crippen LogP contribution in [0.15, 0.2) is 23.2 Å². The Morgan fingerprint density at radius 1 is 1.36 bits per heavy atom. The van der Waals surface area contributed by atoms with Gasteiger partial charge in [0.25, 0.3) is 0 Å². The molecule has 126 valence electrons. The second-order valence-corrected chi connectivity index (χ2v) is 6.31. The van der Waals surface area contributed by atoms with Gasteiger partial charge in [0.05, 0.1) is 6.20 Å². The van der Waals surface area contributed by atoms with Crippen molar-refractivity contribution in [2.45, 2.75) is 31.0 Å². The first-order valence-corrected chi connectivity index (χ1v) is 8.01. The molecule has 1 aromatic heterocycles. The van der Waals surface area contributed by atoms with E-state index in [1.54, 1.807) is 0 Å². The third-order valence-electron chi connectivity index (χ3n) is 2.54. The molecular formula is C12H18F3N3O3S. The van der Waals surface area contributed by atoms with Gasteiger partial charge in [-0.2, -0.15) is 13.2 Å². The summed E-state index contributed by atoms with van der Waals surface area (Å²) in [5.74, 6) is -0.294. The Labute approximate surface area is 127 Å². The predicted octanol–water partition coefficient (Wildman–Crippen LogP) is 1.30. The van der Waals surface area contributed by atoms with E-state index in [1.165, 1.54) is 0 Å². The maximum Gasteiger partial charge on any atom is 0.422 e. The van der Waals surface area contributed by atoms with Crippen molar-refractivity contribution in [3.63, 3.8) is 0 Å². The van der Waals surface area contributed by atoms with Crippen molar-refractivity contribution in [1.29, 1.82) is 0 Å². The van der Waals surface area contributed by atoms with Gasteiger partial charge in [-0.15, -0.1) is 0 Å². The lowest BCUT2D eigenvalue weighted by Gasteiger charge is -2.13. The minimum absolute atomic E-state index is 0.0536. The number of rotatable bonds is 8. The molecule has 22 heavy (non-hydrogen) atoms. The van der Waals surface area contributed by atoms with Crippen molar-refractivity contribution in [2.24, 2.45) is 0 Å². The molecule has 0 aromatic carbocycles. The summed E-state index contributed by atoms with van der Waals surface area (Å²) in [4.78, 5) is 3.41. The van der Waals surface area contributed by atoms with Crippen LogP contribution in [0.3, 0.4) is 0 Å². The zero-order chi connectivity index (χ0) is 16.8. The molecule has 0 aliphatic carbocycles. The van der Waals surface area contributed by atoms with Gasteiger partial charge in [-0.25, -0.2) is 18.1 Å². The number of hydrogen-bond acceptors (Lipinski definition) is 5. The van der Waals surface area contributed by atoms with Crippen LogP contribution in [0.2, 0.25) is 0 Å². The number of sulfonamides is 1. The minimum Gasteiger partial charge on any atom is -0.468 e. The molecule has 1 atom stereocenters. The Hall–Kier alpha value is -1.39. The molecule has 0 radical (unpaired) electrons. The molecule has 0 saturated heterocycles. The molecule has 0 aliphatic heterocycles. The summed E-state index contributed by atoms with van der Waals surface area (Å²) in [6.07, 6.45) is -3.53. The number of ether oxygens (including phenoxy) is 1. The van der Waals surface area contributed by atoms with E-state index in [1.807, 2.05) is 13.8 Å². The Bertz CT molecular complexity index is 561. The number of halogens is 3. The minimum atomic E-state index is -4.48. The highest BCUT2D eigenvalue weighted by molar-refractivity contribution is 7.89. The quantitative estimate of drug-likeness (QED) is 0.745. The highest BCUT2D eigenvalue weighted by atomic mass is 32.2. The molecular weight excluding hydrogens is 323 g/mol. The lowest BCUT2D eigenvalue weighted by molar-refractivity contribution is -0.154. The first-order chi connectivity index (χ1) is 10.1. The Morgan fingerprint density at radius 3 is 2.55 bits per heavy atom. The van der Waals surface area contributed by atoms with E-state index < -0.39 is 22.8 Å². The van der Waals surface area contributed by atoms with Crippen molar-refractivity contribution >= 4 is 10.0 Å². The molecule has 1 aromatic rings. The van der Waals surface area contributed by atoms with Gasteiger partial charge in [0.1, 0.15) is 4.90 Å². The van der Waals surface area contributed by atoms with Crippen molar-refractivity contribution in [3.8, 4) is 5.88 Å². The molecule has 6 nitrogen and oxygen atoms in total. The molecule has 0 bridgehead atoms. The van der Waals surface area contributed by atoms with E-state index in [0.29, 0.717) is 6.54 Å². The van der Waals surface area contributed by atoms with Gasteiger partial charge in [-0.3, -0.25) is 0 Å². The SMILES string of the molecule is CCN[C@H](C)CNS(=O)(=O)c1ccc(OCC(F)(F)F)nc1. The van der Waals surface area contributed by atoms with E-state index in [-0.39, 0.29) is 23.4 Å². The normalized spacial score (nSPS) is 13.9. The van der Waals surface area contributed by atoms with Gasteiger partial charge in [-0.05, 0) is 19.5 Å². The van der Waals surface area contributed by atoms with E-state index in [0.717, 1.165) is 18.3 Å². The molecule has 0 fully saturated rings. The molecule has 10 heteroatoms. The zero-order valence-electron chi connectivity index (χ0n) is 12.1. The number of nitrogens with one attached hydrogen (secondary N) is 2. The molecule has 0 aliphatic rings. The first kappa shape index (κ1) is 18.7. The summed E-state index contributed by atoms with van der Waals surface area (Å²) in [5, 5.41) is 3.04. The summed E-state index contributed by atoms with van der Waals surface area (Å²) in [6.45, 7) is 3.12. The largest absolute Gasteiger partial charge is 0.468 e. The topological polar surface area (TPSA) is 80.3 Å². The molecule has 2 N–H and O–H groups in total. The molecule has 0 saturated carbocycles. The number of hydrogen-bond donors (Lipinski definition) is 2. The second-order valence-electron chi connectivity index (χ2n) is 4.55. The zero-order valence-corrected chi connectivity index (χ0v) is 13.0. The average Bonchev–Trinajstić information content (AvgIpc) is 2.43. The van der Waals surface area contributed by atoms with Gasteiger partial charge in [0.15, 0.2) is 6.61 Å². The second kappa shape index (κ2) is 7.75. The lowest BCUT2D eigenvalue weighted by atomic mass is 10.3. The molecule has 0 amide bonds. The van der Waals surface area contributed by atoms with Crippen LogP contribution >= 0.6 is 0 Å². The van der Waals surface area contributed by atoms with Crippen molar-refractivity contribution in [2.75, 3.05) is 19.7 Å². The number of likely N-dealkylation sites (N-methyl/N-ethyl adjacent to an activating group) is 1. The van der Waals surface area contributed by atoms with E-state index >= 15 is 0 Å². The Kier molecular flexibility index (Phi) is 6.57. The van der Waals surface area contributed by atoms with Gasteiger partial charge in [-0.1, -0.05) is 6.92 Å². The van der Waals surface area contributed by atoms with Crippen LogP contribution < -0.4 is 14.8 Å². The number of aromatic nitrogens is 1. The number of nitrogens with zero attached hydrogens (tertiary/aromatic N) is 1. The third kappa shape index (κ3) is 6.58. The average molecular weight is 341 g/mol. The molecule has 0 unspecified atom stereocenters. The molecule has 1 rings (SSSR count). The van der Waals surface area contributed by atoms with Crippen LogP contribution in [0.5, 0.6) is 5.88 Å².